The van der Waals surface area contributed by atoms with Crippen molar-refractivity contribution in [2.24, 2.45) is 22.4 Å². The normalized spacial score (nSPS) is 24.2. The number of hydrogen-bond donors (Lipinski definition) is 6. The Balaban J connectivity index is 2.48. The van der Waals surface area contributed by atoms with Crippen LogP contribution in [0.5, 0.6) is 0 Å². The third-order valence-electron chi connectivity index (χ3n) is 7.57. The molecule has 244 valence electrons. The van der Waals surface area contributed by atoms with Crippen molar-refractivity contribution in [1.82, 2.24) is 26.2 Å². The first-order valence-corrected chi connectivity index (χ1v) is 15.4. The summed E-state index contributed by atoms with van der Waals surface area (Å²) < 4.78 is 0. The molecule has 0 aromatic heterocycles. The maximum absolute atomic E-state index is 13.7. The second kappa shape index (κ2) is 16.8. The number of aliphatic imine (C=N–C) groups is 1. The average molecular weight is 635 g/mol. The van der Waals surface area contributed by atoms with Gasteiger partial charge in [0.05, 0.1) is 0 Å². The van der Waals surface area contributed by atoms with Crippen LogP contribution in [-0.4, -0.2) is 78.2 Å². The number of halogens is 1. The number of hydrogen-bond acceptors (Lipinski definition) is 6. The van der Waals surface area contributed by atoms with Crippen molar-refractivity contribution < 1.29 is 24.0 Å². The van der Waals surface area contributed by atoms with Crippen molar-refractivity contribution in [1.29, 1.82) is 0 Å². The summed E-state index contributed by atoms with van der Waals surface area (Å²) in [6, 6.07) is 3.53. The minimum atomic E-state index is -1.34. The first-order valence-electron chi connectivity index (χ1n) is 15.0. The van der Waals surface area contributed by atoms with E-state index in [1.807, 2.05) is 0 Å². The number of nitrogens with two attached hydrogens (primary N) is 2. The van der Waals surface area contributed by atoms with Crippen LogP contribution in [0, 0.1) is 5.92 Å². The molecule has 1 fully saturated rings. The highest BCUT2D eigenvalue weighted by Gasteiger charge is 2.38. The van der Waals surface area contributed by atoms with Crippen molar-refractivity contribution in [3.8, 4) is 0 Å². The fraction of sp³-hybridized carbons (Fsp3) is 0.600. The van der Waals surface area contributed by atoms with Crippen molar-refractivity contribution in [2.45, 2.75) is 89.9 Å². The predicted octanol–water partition coefficient (Wildman–Crippen LogP) is 1.10. The van der Waals surface area contributed by atoms with E-state index in [2.05, 4.69) is 26.3 Å². The second-order valence-corrected chi connectivity index (χ2v) is 12.1. The van der Waals surface area contributed by atoms with Crippen LogP contribution < -0.4 is 32.7 Å². The lowest BCUT2D eigenvalue weighted by Gasteiger charge is -2.33. The number of likely N-dealkylation sites (N-methyl/N-ethyl adjacent to an activating group) is 1. The first kappa shape index (κ1) is 36.3. The quantitative estimate of drug-likeness (QED) is 0.140. The van der Waals surface area contributed by atoms with Gasteiger partial charge in [0.2, 0.25) is 29.5 Å². The topological polar surface area (TPSA) is 201 Å². The molecule has 0 spiro atoms. The lowest BCUT2D eigenvalue weighted by Crippen LogP contribution is -2.62. The lowest BCUT2D eigenvalue weighted by atomic mass is 9.91. The van der Waals surface area contributed by atoms with Crippen molar-refractivity contribution in [2.75, 3.05) is 20.1 Å². The summed E-state index contributed by atoms with van der Waals surface area (Å²) in [5.41, 5.74) is 10.0. The molecular weight excluding hydrogens is 588 g/mol. The van der Waals surface area contributed by atoms with Crippen LogP contribution >= 0.6 is 11.6 Å². The summed E-state index contributed by atoms with van der Waals surface area (Å²) in [6.07, 6.45) is 1.99. The molecule has 4 unspecified atom stereocenters. The summed E-state index contributed by atoms with van der Waals surface area (Å²) in [5, 5.41) is 11.7. The molecule has 1 heterocycles. The predicted molar refractivity (Wildman–Crippen MR) is 169 cm³/mol. The SMILES string of the molecule is CCC1NC(=O)C(CCCN=C(N)N)NC(=O)C(C)(NC(=O)C(C)C)CCCCN(C)C(=O)C(c2ccc(Cl)cc2)NC1=O. The van der Waals surface area contributed by atoms with Crippen LogP contribution in [0.4, 0.5) is 0 Å². The van der Waals surface area contributed by atoms with Gasteiger partial charge < -0.3 is 37.6 Å². The van der Waals surface area contributed by atoms with E-state index in [4.69, 9.17) is 23.1 Å². The van der Waals surface area contributed by atoms with E-state index in [-0.39, 0.29) is 49.5 Å². The Bertz CT molecular complexity index is 1200. The van der Waals surface area contributed by atoms with Gasteiger partial charge in [-0.25, -0.2) is 0 Å². The number of carbonyl (C=O) groups excluding carboxylic acids is 5. The molecule has 1 aliphatic heterocycles. The van der Waals surface area contributed by atoms with Gasteiger partial charge in [0.25, 0.3) is 0 Å². The Morgan fingerprint density at radius 3 is 2.30 bits per heavy atom. The highest BCUT2D eigenvalue weighted by molar-refractivity contribution is 6.30. The number of benzene rings is 1. The molecule has 5 amide bonds. The molecule has 1 aromatic carbocycles. The number of guanidine groups is 1. The van der Waals surface area contributed by atoms with E-state index in [0.717, 1.165) is 0 Å². The first-order chi connectivity index (χ1) is 20.7. The zero-order valence-electron chi connectivity index (χ0n) is 26.2. The maximum atomic E-state index is 13.7. The van der Waals surface area contributed by atoms with E-state index in [1.165, 1.54) is 4.90 Å². The molecule has 0 saturated carbocycles. The van der Waals surface area contributed by atoms with Gasteiger partial charge in [-0.05, 0) is 63.1 Å². The van der Waals surface area contributed by atoms with Gasteiger partial charge >= 0.3 is 0 Å². The molecule has 4 atom stereocenters. The van der Waals surface area contributed by atoms with Gasteiger partial charge in [-0.3, -0.25) is 29.0 Å². The fourth-order valence-electron chi connectivity index (χ4n) is 4.71. The second-order valence-electron chi connectivity index (χ2n) is 11.6. The van der Waals surface area contributed by atoms with Crippen LogP contribution in [0.1, 0.15) is 77.8 Å². The Kier molecular flexibility index (Phi) is 13.9. The number of amides is 5. The molecule has 1 aromatic rings. The summed E-state index contributed by atoms with van der Waals surface area (Å²) >= 11 is 6.06. The molecular formula is C30H47ClN8O5. The van der Waals surface area contributed by atoms with Gasteiger partial charge in [0, 0.05) is 31.1 Å². The number of nitrogens with one attached hydrogen (secondary N) is 4. The molecule has 1 aliphatic rings. The van der Waals surface area contributed by atoms with E-state index in [9.17, 15) is 24.0 Å². The van der Waals surface area contributed by atoms with Crippen LogP contribution in [0.2, 0.25) is 5.02 Å². The van der Waals surface area contributed by atoms with Crippen molar-refractivity contribution >= 4 is 47.1 Å². The van der Waals surface area contributed by atoms with E-state index in [1.54, 1.807) is 59.0 Å². The molecule has 1 saturated heterocycles. The van der Waals surface area contributed by atoms with Crippen LogP contribution in [-0.2, 0) is 24.0 Å². The van der Waals surface area contributed by atoms with Gasteiger partial charge in [-0.15, -0.1) is 0 Å². The Labute approximate surface area is 264 Å². The largest absolute Gasteiger partial charge is 0.370 e. The molecule has 2 rings (SSSR count). The highest BCUT2D eigenvalue weighted by Crippen LogP contribution is 2.21. The number of carbonyl (C=O) groups is 5. The molecule has 8 N–H and O–H groups in total. The fourth-order valence-corrected chi connectivity index (χ4v) is 4.83. The number of rotatable bonds is 8. The molecule has 44 heavy (non-hydrogen) atoms. The minimum absolute atomic E-state index is 0.0985. The van der Waals surface area contributed by atoms with E-state index in [0.29, 0.717) is 36.4 Å². The van der Waals surface area contributed by atoms with E-state index < -0.39 is 41.4 Å². The molecule has 0 radical (unpaired) electrons. The molecule has 0 bridgehead atoms. The monoisotopic (exact) mass is 634 g/mol. The van der Waals surface area contributed by atoms with Gasteiger partial charge in [-0.2, -0.15) is 0 Å². The van der Waals surface area contributed by atoms with Gasteiger partial charge in [-0.1, -0.05) is 44.5 Å². The highest BCUT2D eigenvalue weighted by atomic mass is 35.5. The van der Waals surface area contributed by atoms with Crippen LogP contribution in [0.3, 0.4) is 0 Å². The molecule has 14 heteroatoms. The summed E-state index contributed by atoms with van der Waals surface area (Å²) in [7, 11) is 1.64. The van der Waals surface area contributed by atoms with E-state index >= 15 is 0 Å². The van der Waals surface area contributed by atoms with Crippen LogP contribution in [0.25, 0.3) is 0 Å². The smallest absolute Gasteiger partial charge is 0.249 e. The lowest BCUT2D eigenvalue weighted by molar-refractivity contribution is -0.138. The zero-order chi connectivity index (χ0) is 33.0. The Hall–Kier alpha value is -3.87. The average Bonchev–Trinajstić information content (AvgIpc) is 2.97. The third-order valence-corrected chi connectivity index (χ3v) is 7.82. The summed E-state index contributed by atoms with van der Waals surface area (Å²) in [6.45, 7) is 7.35. The minimum Gasteiger partial charge on any atom is -0.370 e. The summed E-state index contributed by atoms with van der Waals surface area (Å²) in [5.74, 6) is -2.83. The van der Waals surface area contributed by atoms with Gasteiger partial charge in [0.15, 0.2) is 5.96 Å². The van der Waals surface area contributed by atoms with Crippen LogP contribution in [0.15, 0.2) is 29.3 Å². The standard InChI is InChI=1S/C30H47ClN8O5/c1-6-21-25(41)37-23(19-11-13-20(31)14-12-19)27(43)39(5)17-8-7-15-30(4,38-24(40)18(2)3)28(44)36-22(26(42)35-21)10-9-16-34-29(32)33/h11-14,18,21-23H,6-10,15-17H2,1-5H3,(H,35,42)(H,36,44)(H,37,41)(H,38,40)(H4,32,33,34). The molecule has 13 nitrogen and oxygen atoms in total. The van der Waals surface area contributed by atoms with Gasteiger partial charge in [0.1, 0.15) is 23.7 Å². The Morgan fingerprint density at radius 2 is 1.70 bits per heavy atom. The Morgan fingerprint density at radius 1 is 1.07 bits per heavy atom. The third kappa shape index (κ3) is 10.7. The number of nitrogens with zero attached hydrogens (tertiary/aromatic N) is 2. The molecule has 0 aliphatic carbocycles. The van der Waals surface area contributed by atoms with Crippen molar-refractivity contribution in [3.63, 3.8) is 0 Å². The summed E-state index contributed by atoms with van der Waals surface area (Å²) in [4.78, 5) is 72.6. The maximum Gasteiger partial charge on any atom is 0.249 e. The van der Waals surface area contributed by atoms with Crippen molar-refractivity contribution in [3.05, 3.63) is 34.9 Å². The zero-order valence-corrected chi connectivity index (χ0v) is 27.0.